The van der Waals surface area contributed by atoms with Gasteiger partial charge in [-0.15, -0.1) is 23.4 Å². The summed E-state index contributed by atoms with van der Waals surface area (Å²) >= 11 is 14.0. The van der Waals surface area contributed by atoms with Crippen LogP contribution in [0.3, 0.4) is 0 Å². The predicted molar refractivity (Wildman–Crippen MR) is 82.6 cm³/mol. The van der Waals surface area contributed by atoms with Crippen molar-refractivity contribution in [2.75, 3.05) is 6.26 Å². The molecule has 2 nitrogen and oxygen atoms in total. The molecule has 1 N–H and O–H groups in total. The summed E-state index contributed by atoms with van der Waals surface area (Å²) in [5.41, 5.74) is 0.531. The minimum atomic E-state index is -0.126. The Balaban J connectivity index is 2.10. The highest BCUT2D eigenvalue weighted by Crippen LogP contribution is 2.26. The second kappa shape index (κ2) is 6.87. The summed E-state index contributed by atoms with van der Waals surface area (Å²) in [6, 6.07) is 5.56. The van der Waals surface area contributed by atoms with Crippen molar-refractivity contribution in [1.82, 2.24) is 5.32 Å². The van der Waals surface area contributed by atoms with Crippen LogP contribution >= 0.6 is 35.0 Å². The van der Waals surface area contributed by atoms with E-state index in [2.05, 4.69) is 5.32 Å². The zero-order valence-electron chi connectivity index (χ0n) is 10.8. The largest absolute Gasteiger partial charge is 0.348 e. The van der Waals surface area contributed by atoms with E-state index in [4.69, 9.17) is 23.2 Å². The number of rotatable bonds is 3. The van der Waals surface area contributed by atoms with Gasteiger partial charge in [-0.05, 0) is 37.3 Å². The third-order valence-corrected chi connectivity index (χ3v) is 4.99. The molecule has 104 valence electrons. The number of alkyl halides is 1. The van der Waals surface area contributed by atoms with Crippen molar-refractivity contribution in [3.8, 4) is 0 Å². The first kappa shape index (κ1) is 15.0. The Hall–Kier alpha value is -0.380. The molecule has 5 heteroatoms. The van der Waals surface area contributed by atoms with Gasteiger partial charge in [0.05, 0.1) is 16.0 Å². The molecule has 0 radical (unpaired) electrons. The van der Waals surface area contributed by atoms with Crippen molar-refractivity contribution in [3.63, 3.8) is 0 Å². The lowest BCUT2D eigenvalue weighted by Gasteiger charge is -2.28. The number of amides is 1. The van der Waals surface area contributed by atoms with E-state index >= 15 is 0 Å². The fourth-order valence-corrected chi connectivity index (χ4v) is 3.29. The number of nitrogens with one attached hydrogen (secondary N) is 1. The molecule has 0 aromatic heterocycles. The van der Waals surface area contributed by atoms with Gasteiger partial charge in [0.1, 0.15) is 0 Å². The Morgan fingerprint density at radius 1 is 1.37 bits per heavy atom. The number of carbonyl (C=O) groups excluding carboxylic acids is 1. The highest BCUT2D eigenvalue weighted by atomic mass is 35.5. The van der Waals surface area contributed by atoms with E-state index in [1.165, 1.54) is 0 Å². The van der Waals surface area contributed by atoms with Gasteiger partial charge < -0.3 is 5.32 Å². The molecule has 1 fully saturated rings. The minimum absolute atomic E-state index is 0.0280. The van der Waals surface area contributed by atoms with Crippen LogP contribution in [0.15, 0.2) is 23.1 Å². The van der Waals surface area contributed by atoms with E-state index in [-0.39, 0.29) is 17.3 Å². The Bertz CT molecular complexity index is 467. The monoisotopic (exact) mass is 317 g/mol. The molecule has 0 spiro atoms. The maximum atomic E-state index is 12.3. The molecule has 1 amide bonds. The van der Waals surface area contributed by atoms with E-state index in [9.17, 15) is 4.79 Å². The zero-order valence-corrected chi connectivity index (χ0v) is 13.1. The van der Waals surface area contributed by atoms with Gasteiger partial charge in [-0.1, -0.05) is 24.4 Å². The third-order valence-electron chi connectivity index (χ3n) is 3.42. The standard InChI is InChI=1S/C14H17Cl2NOS/c1-19-9-6-7-11(15)10(8-9)14(18)17-13-5-3-2-4-12(13)16/h6-8,12-13H,2-5H2,1H3,(H,17,18). The number of halogens is 2. The average Bonchev–Trinajstić information content (AvgIpc) is 2.42. The summed E-state index contributed by atoms with van der Waals surface area (Å²) in [7, 11) is 0. The highest BCUT2D eigenvalue weighted by molar-refractivity contribution is 7.98. The first-order chi connectivity index (χ1) is 9.11. The van der Waals surface area contributed by atoms with Crippen LogP contribution in [0.4, 0.5) is 0 Å². The summed E-state index contributed by atoms with van der Waals surface area (Å²) in [4.78, 5) is 13.3. The Morgan fingerprint density at radius 3 is 2.79 bits per heavy atom. The molecular weight excluding hydrogens is 301 g/mol. The number of hydrogen-bond donors (Lipinski definition) is 1. The van der Waals surface area contributed by atoms with E-state index in [1.54, 1.807) is 17.8 Å². The van der Waals surface area contributed by atoms with Crippen LogP contribution in [0.5, 0.6) is 0 Å². The maximum absolute atomic E-state index is 12.3. The Morgan fingerprint density at radius 2 is 2.11 bits per heavy atom. The lowest BCUT2D eigenvalue weighted by atomic mass is 9.94. The number of benzene rings is 1. The second-order valence-electron chi connectivity index (χ2n) is 4.73. The molecule has 0 saturated heterocycles. The van der Waals surface area contributed by atoms with E-state index in [1.807, 2.05) is 18.4 Å². The summed E-state index contributed by atoms with van der Waals surface area (Å²) in [6.45, 7) is 0. The lowest BCUT2D eigenvalue weighted by molar-refractivity contribution is 0.0928. The molecule has 19 heavy (non-hydrogen) atoms. The minimum Gasteiger partial charge on any atom is -0.348 e. The van der Waals surface area contributed by atoms with Gasteiger partial charge in [0.15, 0.2) is 0 Å². The highest BCUT2D eigenvalue weighted by Gasteiger charge is 2.25. The normalized spacial score (nSPS) is 23.1. The van der Waals surface area contributed by atoms with E-state index < -0.39 is 0 Å². The van der Waals surface area contributed by atoms with Crippen molar-refractivity contribution in [3.05, 3.63) is 28.8 Å². The van der Waals surface area contributed by atoms with Crippen molar-refractivity contribution in [2.45, 2.75) is 42.0 Å². The van der Waals surface area contributed by atoms with Crippen LogP contribution in [0.25, 0.3) is 0 Å². The smallest absolute Gasteiger partial charge is 0.253 e. The number of hydrogen-bond acceptors (Lipinski definition) is 2. The molecule has 2 unspecified atom stereocenters. The van der Waals surface area contributed by atoms with Crippen molar-refractivity contribution in [1.29, 1.82) is 0 Å². The first-order valence-corrected chi connectivity index (χ1v) is 8.44. The lowest BCUT2D eigenvalue weighted by Crippen LogP contribution is -2.42. The molecule has 0 aliphatic heterocycles. The van der Waals surface area contributed by atoms with Gasteiger partial charge in [-0.2, -0.15) is 0 Å². The quantitative estimate of drug-likeness (QED) is 0.663. The number of thioether (sulfide) groups is 1. The van der Waals surface area contributed by atoms with E-state index in [0.29, 0.717) is 10.6 Å². The van der Waals surface area contributed by atoms with Crippen molar-refractivity contribution >= 4 is 40.9 Å². The van der Waals surface area contributed by atoms with Gasteiger partial charge in [-0.3, -0.25) is 4.79 Å². The molecule has 1 aromatic rings. The molecule has 2 rings (SSSR count). The summed E-state index contributed by atoms with van der Waals surface area (Å²) < 4.78 is 0. The predicted octanol–water partition coefficient (Wildman–Crippen LogP) is 4.34. The fraction of sp³-hybridized carbons (Fsp3) is 0.500. The Kier molecular flexibility index (Phi) is 5.43. The Labute approximate surface area is 128 Å². The molecule has 1 aliphatic rings. The topological polar surface area (TPSA) is 29.1 Å². The summed E-state index contributed by atoms with van der Waals surface area (Å²) in [6.07, 6.45) is 6.14. The van der Waals surface area contributed by atoms with Crippen LogP contribution in [0.1, 0.15) is 36.0 Å². The molecule has 0 heterocycles. The van der Waals surface area contributed by atoms with Crippen LogP contribution in [0.2, 0.25) is 5.02 Å². The third kappa shape index (κ3) is 3.80. The van der Waals surface area contributed by atoms with Gasteiger partial charge >= 0.3 is 0 Å². The van der Waals surface area contributed by atoms with Crippen LogP contribution in [-0.4, -0.2) is 23.6 Å². The average molecular weight is 318 g/mol. The molecule has 1 aromatic carbocycles. The van der Waals surface area contributed by atoms with Crippen LogP contribution < -0.4 is 5.32 Å². The number of carbonyl (C=O) groups is 1. The molecular formula is C14H17Cl2NOS. The van der Waals surface area contributed by atoms with Crippen molar-refractivity contribution in [2.24, 2.45) is 0 Å². The molecule has 2 atom stereocenters. The second-order valence-corrected chi connectivity index (χ2v) is 6.57. The van der Waals surface area contributed by atoms with Crippen LogP contribution in [-0.2, 0) is 0 Å². The van der Waals surface area contributed by atoms with Gasteiger partial charge in [0, 0.05) is 10.9 Å². The molecule has 1 saturated carbocycles. The maximum Gasteiger partial charge on any atom is 0.253 e. The van der Waals surface area contributed by atoms with E-state index in [0.717, 1.165) is 30.6 Å². The fourth-order valence-electron chi connectivity index (χ4n) is 2.30. The van der Waals surface area contributed by atoms with Gasteiger partial charge in [0.2, 0.25) is 0 Å². The molecule has 0 bridgehead atoms. The zero-order chi connectivity index (χ0) is 13.8. The molecule has 1 aliphatic carbocycles. The first-order valence-electron chi connectivity index (χ1n) is 6.40. The summed E-state index contributed by atoms with van der Waals surface area (Å²) in [5, 5.41) is 3.52. The van der Waals surface area contributed by atoms with Crippen molar-refractivity contribution < 1.29 is 4.79 Å². The van der Waals surface area contributed by atoms with Gasteiger partial charge in [0.25, 0.3) is 5.91 Å². The summed E-state index contributed by atoms with van der Waals surface area (Å²) in [5.74, 6) is -0.126. The van der Waals surface area contributed by atoms with Crippen LogP contribution in [0, 0.1) is 0 Å². The van der Waals surface area contributed by atoms with Gasteiger partial charge in [-0.25, -0.2) is 0 Å². The SMILES string of the molecule is CSc1ccc(Cl)c(C(=O)NC2CCCCC2Cl)c1.